The van der Waals surface area contributed by atoms with Gasteiger partial charge in [-0.3, -0.25) is 0 Å². The van der Waals surface area contributed by atoms with E-state index in [2.05, 4.69) is 9.82 Å². The number of nitrogens with zero attached hydrogens (tertiary/aromatic N) is 2. The first-order chi connectivity index (χ1) is 11.6. The highest BCUT2D eigenvalue weighted by Crippen LogP contribution is 2.41. The molecule has 0 aliphatic heterocycles. The van der Waals surface area contributed by atoms with Gasteiger partial charge >= 0.3 is 0 Å². The summed E-state index contributed by atoms with van der Waals surface area (Å²) in [6.07, 6.45) is 3.75. The van der Waals surface area contributed by atoms with Crippen LogP contribution in [0.2, 0.25) is 0 Å². The summed E-state index contributed by atoms with van der Waals surface area (Å²) in [6.45, 7) is 0. The SMILES string of the molecule is O=S(=O)(N[C@@H]1C[C@H]1c1ccccc1)c1cnn(-c2ccccc2)c1. The van der Waals surface area contributed by atoms with Crippen molar-refractivity contribution in [1.82, 2.24) is 14.5 Å². The van der Waals surface area contributed by atoms with Gasteiger partial charge in [0.05, 0.1) is 18.1 Å². The Bertz CT molecular complexity index is 937. The molecule has 5 nitrogen and oxygen atoms in total. The third-order valence-electron chi connectivity index (χ3n) is 4.21. The molecule has 0 amide bonds. The number of rotatable bonds is 5. The molecule has 4 rings (SSSR count). The molecule has 0 radical (unpaired) electrons. The van der Waals surface area contributed by atoms with Gasteiger partial charge < -0.3 is 0 Å². The summed E-state index contributed by atoms with van der Waals surface area (Å²) in [6, 6.07) is 19.4. The second kappa shape index (κ2) is 5.89. The minimum absolute atomic E-state index is 0.0440. The standard InChI is InChI=1S/C18H17N3O2S/c22-24(23,20-18-11-17(18)14-7-3-1-4-8-14)16-12-19-21(13-16)15-9-5-2-6-10-15/h1-10,12-13,17-18,20H,11H2/t17-,18+/m0/s1. The van der Waals surface area contributed by atoms with Crippen LogP contribution in [-0.4, -0.2) is 24.2 Å². The molecule has 1 N–H and O–H groups in total. The van der Waals surface area contributed by atoms with Crippen molar-refractivity contribution in [3.05, 3.63) is 78.6 Å². The number of sulfonamides is 1. The summed E-state index contributed by atoms with van der Waals surface area (Å²) < 4.78 is 29.4. The van der Waals surface area contributed by atoms with Crippen LogP contribution in [-0.2, 0) is 10.0 Å². The highest BCUT2D eigenvalue weighted by atomic mass is 32.2. The molecular weight excluding hydrogens is 322 g/mol. The average molecular weight is 339 g/mol. The summed E-state index contributed by atoms with van der Waals surface area (Å²) in [5.74, 6) is 0.255. The van der Waals surface area contributed by atoms with Crippen LogP contribution < -0.4 is 4.72 Å². The summed E-state index contributed by atoms with van der Waals surface area (Å²) >= 11 is 0. The van der Waals surface area contributed by atoms with Crippen molar-refractivity contribution < 1.29 is 8.42 Å². The average Bonchev–Trinajstić information content (AvgIpc) is 3.17. The Morgan fingerprint density at radius 1 is 1.00 bits per heavy atom. The molecule has 3 aromatic rings. The molecule has 2 atom stereocenters. The fourth-order valence-electron chi connectivity index (χ4n) is 2.83. The monoisotopic (exact) mass is 339 g/mol. The van der Waals surface area contributed by atoms with E-state index in [0.717, 1.165) is 12.1 Å². The van der Waals surface area contributed by atoms with Crippen LogP contribution in [0.15, 0.2) is 78.0 Å². The third kappa shape index (κ3) is 2.98. The maximum Gasteiger partial charge on any atom is 0.243 e. The molecule has 24 heavy (non-hydrogen) atoms. The lowest BCUT2D eigenvalue weighted by Crippen LogP contribution is -2.26. The minimum Gasteiger partial charge on any atom is -0.240 e. The molecule has 1 aliphatic rings. The highest BCUT2D eigenvalue weighted by molar-refractivity contribution is 7.89. The van der Waals surface area contributed by atoms with Crippen molar-refractivity contribution in [2.45, 2.75) is 23.3 Å². The van der Waals surface area contributed by atoms with Gasteiger partial charge in [-0.1, -0.05) is 48.5 Å². The van der Waals surface area contributed by atoms with Crippen molar-refractivity contribution in [3.8, 4) is 5.69 Å². The fourth-order valence-corrected chi connectivity index (χ4v) is 4.05. The lowest BCUT2D eigenvalue weighted by molar-refractivity contribution is 0.580. The number of benzene rings is 2. The zero-order chi connectivity index (χ0) is 16.6. The molecule has 1 fully saturated rings. The number of nitrogens with one attached hydrogen (secondary N) is 1. The molecule has 1 aliphatic carbocycles. The maximum absolute atomic E-state index is 12.5. The van der Waals surface area contributed by atoms with Gasteiger partial charge in [0.2, 0.25) is 10.0 Å². The Morgan fingerprint density at radius 3 is 2.38 bits per heavy atom. The van der Waals surface area contributed by atoms with Crippen molar-refractivity contribution >= 4 is 10.0 Å². The highest BCUT2D eigenvalue weighted by Gasteiger charge is 2.41. The van der Waals surface area contributed by atoms with Crippen molar-refractivity contribution in [3.63, 3.8) is 0 Å². The molecule has 2 aromatic carbocycles. The quantitative estimate of drug-likeness (QED) is 0.777. The minimum atomic E-state index is -3.56. The van der Waals surface area contributed by atoms with Crippen LogP contribution in [0.1, 0.15) is 17.9 Å². The second-order valence-corrected chi connectivity index (χ2v) is 7.65. The van der Waals surface area contributed by atoms with Crippen LogP contribution in [0.4, 0.5) is 0 Å². The molecular formula is C18H17N3O2S. The third-order valence-corrected chi connectivity index (χ3v) is 5.66. The summed E-state index contributed by atoms with van der Waals surface area (Å²) in [5.41, 5.74) is 2.00. The molecule has 0 spiro atoms. The summed E-state index contributed by atoms with van der Waals surface area (Å²) in [5, 5.41) is 4.16. The summed E-state index contributed by atoms with van der Waals surface area (Å²) in [4.78, 5) is 0.185. The molecule has 0 bridgehead atoms. The molecule has 122 valence electrons. The van der Waals surface area contributed by atoms with Gasteiger partial charge in [0.15, 0.2) is 0 Å². The zero-order valence-electron chi connectivity index (χ0n) is 12.9. The Morgan fingerprint density at radius 2 is 1.67 bits per heavy atom. The summed E-state index contributed by atoms with van der Waals surface area (Å²) in [7, 11) is -3.56. The van der Waals surface area contributed by atoms with Gasteiger partial charge in [-0.2, -0.15) is 5.10 Å². The second-order valence-electron chi connectivity index (χ2n) is 5.94. The van der Waals surface area contributed by atoms with Crippen molar-refractivity contribution in [2.75, 3.05) is 0 Å². The molecule has 0 saturated heterocycles. The topological polar surface area (TPSA) is 64.0 Å². The fraction of sp³-hybridized carbons (Fsp3) is 0.167. The number of para-hydroxylation sites is 1. The van der Waals surface area contributed by atoms with E-state index >= 15 is 0 Å². The van der Waals surface area contributed by atoms with Crippen LogP contribution in [0, 0.1) is 0 Å². The van der Waals surface area contributed by atoms with Crippen molar-refractivity contribution in [2.24, 2.45) is 0 Å². The first-order valence-corrected chi connectivity index (χ1v) is 9.29. The van der Waals surface area contributed by atoms with Crippen LogP contribution in [0.3, 0.4) is 0 Å². The van der Waals surface area contributed by atoms with Gasteiger partial charge in [0, 0.05) is 12.0 Å². The van der Waals surface area contributed by atoms with Gasteiger partial charge in [0.1, 0.15) is 4.90 Å². The zero-order valence-corrected chi connectivity index (χ0v) is 13.7. The normalized spacial score (nSPS) is 20.0. The Hall–Kier alpha value is -2.44. The Kier molecular flexibility index (Phi) is 3.70. The Labute approximate surface area is 141 Å². The van der Waals surface area contributed by atoms with E-state index in [1.165, 1.54) is 18.0 Å². The smallest absolute Gasteiger partial charge is 0.240 e. The number of aromatic nitrogens is 2. The maximum atomic E-state index is 12.5. The Balaban J connectivity index is 1.49. The van der Waals surface area contributed by atoms with Crippen LogP contribution in [0.5, 0.6) is 0 Å². The number of hydrogen-bond donors (Lipinski definition) is 1. The van der Waals surface area contributed by atoms with Gasteiger partial charge in [-0.25, -0.2) is 17.8 Å². The number of hydrogen-bond acceptors (Lipinski definition) is 3. The van der Waals surface area contributed by atoms with Gasteiger partial charge in [-0.05, 0) is 24.1 Å². The predicted octanol–water partition coefficient (Wildman–Crippen LogP) is 2.71. The predicted molar refractivity (Wildman–Crippen MR) is 91.5 cm³/mol. The van der Waals surface area contributed by atoms with E-state index in [9.17, 15) is 8.42 Å². The van der Waals surface area contributed by atoms with E-state index < -0.39 is 10.0 Å². The van der Waals surface area contributed by atoms with Crippen LogP contribution >= 0.6 is 0 Å². The van der Waals surface area contributed by atoms with Crippen molar-refractivity contribution in [1.29, 1.82) is 0 Å². The molecule has 1 saturated carbocycles. The van der Waals surface area contributed by atoms with E-state index in [0.29, 0.717) is 0 Å². The molecule has 0 unspecified atom stereocenters. The molecule has 6 heteroatoms. The molecule has 1 aromatic heterocycles. The lowest BCUT2D eigenvalue weighted by atomic mass is 10.1. The largest absolute Gasteiger partial charge is 0.243 e. The van der Waals surface area contributed by atoms with Crippen LogP contribution in [0.25, 0.3) is 5.69 Å². The van der Waals surface area contributed by atoms with E-state index in [-0.39, 0.29) is 16.9 Å². The van der Waals surface area contributed by atoms with E-state index in [1.807, 2.05) is 60.7 Å². The van der Waals surface area contributed by atoms with Gasteiger partial charge in [0.25, 0.3) is 0 Å². The first kappa shape index (κ1) is 15.1. The molecule has 1 heterocycles. The van der Waals surface area contributed by atoms with E-state index in [1.54, 1.807) is 4.68 Å². The van der Waals surface area contributed by atoms with Gasteiger partial charge in [-0.15, -0.1) is 0 Å². The lowest BCUT2D eigenvalue weighted by Gasteiger charge is -2.04. The van der Waals surface area contributed by atoms with E-state index in [4.69, 9.17) is 0 Å². The first-order valence-electron chi connectivity index (χ1n) is 7.81.